The van der Waals surface area contributed by atoms with Crippen molar-refractivity contribution in [1.82, 2.24) is 19.9 Å². The molecule has 0 amide bonds. The highest BCUT2D eigenvalue weighted by Crippen LogP contribution is 2.19. The number of hydrogen-bond donors (Lipinski definition) is 1. The Morgan fingerprint density at radius 3 is 2.78 bits per heavy atom. The van der Waals surface area contributed by atoms with Crippen LogP contribution in [0.15, 0.2) is 37.1 Å². The second kappa shape index (κ2) is 5.31. The third-order valence-electron chi connectivity index (χ3n) is 3.34. The summed E-state index contributed by atoms with van der Waals surface area (Å²) in [6, 6.07) is 4.08. The zero-order chi connectivity index (χ0) is 13.0. The lowest BCUT2D eigenvalue weighted by Crippen LogP contribution is -2.35. The first-order valence-corrected chi connectivity index (χ1v) is 6.22. The maximum atomic E-state index is 4.26. The number of imidazole rings is 1. The summed E-state index contributed by atoms with van der Waals surface area (Å²) in [5.41, 5.74) is 2.39. The van der Waals surface area contributed by atoms with Gasteiger partial charge in [-0.15, -0.1) is 0 Å². The Balaban J connectivity index is 2.09. The fourth-order valence-corrected chi connectivity index (χ4v) is 1.94. The first kappa shape index (κ1) is 12.8. The van der Waals surface area contributed by atoms with Crippen LogP contribution in [0.2, 0.25) is 0 Å². The summed E-state index contributed by atoms with van der Waals surface area (Å²) in [5.74, 6) is 0. The standard InChI is InChI=1S/C14H20N4/c1-14(2,15-3)13-10-17-11-18(13)8-6-12-5-4-7-16-9-12/h4-5,7,9-11,15H,6,8H2,1-3H3. The predicted octanol–water partition coefficient (Wildman–Crippen LogP) is 1.98. The molecule has 0 unspecified atom stereocenters. The molecule has 2 aromatic rings. The van der Waals surface area contributed by atoms with Gasteiger partial charge >= 0.3 is 0 Å². The van der Waals surface area contributed by atoms with Crippen molar-refractivity contribution in [3.05, 3.63) is 48.3 Å². The van der Waals surface area contributed by atoms with Crippen molar-refractivity contribution in [2.24, 2.45) is 0 Å². The normalized spacial score (nSPS) is 11.7. The van der Waals surface area contributed by atoms with E-state index < -0.39 is 0 Å². The van der Waals surface area contributed by atoms with Crippen molar-refractivity contribution >= 4 is 0 Å². The maximum Gasteiger partial charge on any atom is 0.0948 e. The fraction of sp³-hybridized carbons (Fsp3) is 0.429. The van der Waals surface area contributed by atoms with Gasteiger partial charge in [0.2, 0.25) is 0 Å². The molecule has 0 aliphatic carbocycles. The molecule has 0 spiro atoms. The third kappa shape index (κ3) is 2.76. The minimum Gasteiger partial charge on any atom is -0.333 e. The zero-order valence-corrected chi connectivity index (χ0v) is 11.2. The molecule has 18 heavy (non-hydrogen) atoms. The number of nitrogens with zero attached hydrogens (tertiary/aromatic N) is 3. The molecule has 0 bridgehead atoms. The van der Waals surface area contributed by atoms with E-state index in [4.69, 9.17) is 0 Å². The number of rotatable bonds is 5. The van der Waals surface area contributed by atoms with Crippen molar-refractivity contribution in [1.29, 1.82) is 0 Å². The summed E-state index contributed by atoms with van der Waals surface area (Å²) < 4.78 is 2.20. The second-order valence-electron chi connectivity index (χ2n) is 4.96. The number of aryl methyl sites for hydroxylation is 2. The average Bonchev–Trinajstić information content (AvgIpc) is 2.87. The molecule has 0 radical (unpaired) electrons. The highest BCUT2D eigenvalue weighted by Gasteiger charge is 2.21. The Bertz CT molecular complexity index is 488. The molecule has 0 saturated carbocycles. The molecular formula is C14H20N4. The molecule has 4 nitrogen and oxygen atoms in total. The monoisotopic (exact) mass is 244 g/mol. The Kier molecular flexibility index (Phi) is 3.77. The van der Waals surface area contributed by atoms with Gasteiger partial charge in [0.1, 0.15) is 0 Å². The van der Waals surface area contributed by atoms with Gasteiger partial charge in [-0.25, -0.2) is 4.98 Å². The van der Waals surface area contributed by atoms with Crippen LogP contribution in [0.5, 0.6) is 0 Å². The summed E-state index contributed by atoms with van der Waals surface area (Å²) in [6.07, 6.45) is 8.51. The van der Waals surface area contributed by atoms with Crippen LogP contribution in [-0.2, 0) is 18.5 Å². The SMILES string of the molecule is CNC(C)(C)c1cncn1CCc1cccnc1. The quantitative estimate of drug-likeness (QED) is 0.874. The molecule has 0 atom stereocenters. The average molecular weight is 244 g/mol. The molecule has 4 heteroatoms. The maximum absolute atomic E-state index is 4.26. The van der Waals surface area contributed by atoms with Gasteiger partial charge in [0, 0.05) is 25.1 Å². The van der Waals surface area contributed by atoms with Gasteiger partial charge in [-0.3, -0.25) is 4.98 Å². The minimum absolute atomic E-state index is 0.0640. The molecule has 0 aromatic carbocycles. The second-order valence-corrected chi connectivity index (χ2v) is 4.96. The van der Waals surface area contributed by atoms with Gasteiger partial charge in [-0.2, -0.15) is 0 Å². The molecule has 2 heterocycles. The summed E-state index contributed by atoms with van der Waals surface area (Å²) in [6.45, 7) is 5.24. The minimum atomic E-state index is -0.0640. The molecule has 0 aliphatic heterocycles. The van der Waals surface area contributed by atoms with E-state index in [9.17, 15) is 0 Å². The number of aromatic nitrogens is 3. The van der Waals surface area contributed by atoms with Crippen LogP contribution in [0.1, 0.15) is 25.1 Å². The van der Waals surface area contributed by atoms with Gasteiger partial charge in [-0.1, -0.05) is 6.07 Å². The van der Waals surface area contributed by atoms with Crippen LogP contribution in [0.25, 0.3) is 0 Å². The summed E-state index contributed by atoms with van der Waals surface area (Å²) in [5, 5.41) is 3.31. The van der Waals surface area contributed by atoms with Crippen molar-refractivity contribution in [3.8, 4) is 0 Å². The van der Waals surface area contributed by atoms with E-state index in [1.54, 1.807) is 6.20 Å². The molecule has 2 aromatic heterocycles. The summed E-state index contributed by atoms with van der Waals surface area (Å²) in [7, 11) is 1.97. The highest BCUT2D eigenvalue weighted by molar-refractivity contribution is 5.12. The number of nitrogens with one attached hydrogen (secondary N) is 1. The van der Waals surface area contributed by atoms with E-state index in [1.165, 1.54) is 11.3 Å². The summed E-state index contributed by atoms with van der Waals surface area (Å²) >= 11 is 0. The lowest BCUT2D eigenvalue weighted by molar-refractivity contribution is 0.408. The molecule has 0 fully saturated rings. The Labute approximate surface area is 108 Å². The smallest absolute Gasteiger partial charge is 0.0948 e. The van der Waals surface area contributed by atoms with E-state index in [0.29, 0.717) is 0 Å². The van der Waals surface area contributed by atoms with E-state index in [0.717, 1.165) is 13.0 Å². The van der Waals surface area contributed by atoms with E-state index in [-0.39, 0.29) is 5.54 Å². The first-order chi connectivity index (χ1) is 8.63. The molecule has 2 rings (SSSR count). The molecule has 0 saturated heterocycles. The molecule has 96 valence electrons. The zero-order valence-electron chi connectivity index (χ0n) is 11.2. The van der Waals surface area contributed by atoms with E-state index in [1.807, 2.05) is 31.8 Å². The van der Waals surface area contributed by atoms with Crippen molar-refractivity contribution in [2.75, 3.05) is 7.05 Å². The van der Waals surface area contributed by atoms with Crippen LogP contribution in [0.3, 0.4) is 0 Å². The van der Waals surface area contributed by atoms with Gasteiger partial charge in [0.05, 0.1) is 17.6 Å². The van der Waals surface area contributed by atoms with Crippen LogP contribution in [-0.4, -0.2) is 21.6 Å². The van der Waals surface area contributed by atoms with Crippen molar-refractivity contribution in [3.63, 3.8) is 0 Å². The van der Waals surface area contributed by atoms with Crippen LogP contribution >= 0.6 is 0 Å². The molecule has 1 N–H and O–H groups in total. The van der Waals surface area contributed by atoms with Gasteiger partial charge in [-0.05, 0) is 38.9 Å². The lowest BCUT2D eigenvalue weighted by Gasteiger charge is -2.25. The Morgan fingerprint density at radius 2 is 2.11 bits per heavy atom. The van der Waals surface area contributed by atoms with Gasteiger partial charge in [0.15, 0.2) is 0 Å². The first-order valence-electron chi connectivity index (χ1n) is 6.22. The largest absolute Gasteiger partial charge is 0.333 e. The third-order valence-corrected chi connectivity index (χ3v) is 3.34. The fourth-order valence-electron chi connectivity index (χ4n) is 1.94. The van der Waals surface area contributed by atoms with E-state index in [2.05, 4.69) is 39.8 Å². The highest BCUT2D eigenvalue weighted by atomic mass is 15.1. The summed E-state index contributed by atoms with van der Waals surface area (Å²) in [4.78, 5) is 8.39. The van der Waals surface area contributed by atoms with Crippen LogP contribution < -0.4 is 5.32 Å². The topological polar surface area (TPSA) is 42.7 Å². The Hall–Kier alpha value is -1.68. The van der Waals surface area contributed by atoms with Crippen LogP contribution in [0.4, 0.5) is 0 Å². The van der Waals surface area contributed by atoms with Crippen molar-refractivity contribution < 1.29 is 0 Å². The lowest BCUT2D eigenvalue weighted by atomic mass is 10.0. The van der Waals surface area contributed by atoms with Gasteiger partial charge < -0.3 is 9.88 Å². The number of hydrogen-bond acceptors (Lipinski definition) is 3. The predicted molar refractivity (Wildman–Crippen MR) is 72.3 cm³/mol. The molecular weight excluding hydrogens is 224 g/mol. The van der Waals surface area contributed by atoms with Gasteiger partial charge in [0.25, 0.3) is 0 Å². The molecule has 0 aliphatic rings. The number of pyridine rings is 1. The van der Waals surface area contributed by atoms with Crippen molar-refractivity contribution in [2.45, 2.75) is 32.4 Å². The Morgan fingerprint density at radius 1 is 1.28 bits per heavy atom. The van der Waals surface area contributed by atoms with Crippen LogP contribution in [0, 0.1) is 0 Å². The van der Waals surface area contributed by atoms with E-state index >= 15 is 0 Å².